The highest BCUT2D eigenvalue weighted by Gasteiger charge is 2.15. The first-order valence-corrected chi connectivity index (χ1v) is 6.02. The Hall–Kier alpha value is -1.23. The van der Waals surface area contributed by atoms with Crippen molar-refractivity contribution in [3.05, 3.63) is 35.4 Å². The SMILES string of the molecule is CC(=N)c1ccc(CNC(O)OC(C)(C)C)cc1. The predicted octanol–water partition coefficient (Wildman–Crippen LogP) is 2.25. The topological polar surface area (TPSA) is 65.3 Å². The lowest BCUT2D eigenvalue weighted by Gasteiger charge is -2.24. The summed E-state index contributed by atoms with van der Waals surface area (Å²) in [6.07, 6.45) is -0.978. The Morgan fingerprint density at radius 3 is 2.33 bits per heavy atom. The molecule has 0 heterocycles. The smallest absolute Gasteiger partial charge is 0.214 e. The zero-order chi connectivity index (χ0) is 13.8. The van der Waals surface area contributed by atoms with E-state index in [0.717, 1.165) is 11.1 Å². The fraction of sp³-hybridized carbons (Fsp3) is 0.500. The summed E-state index contributed by atoms with van der Waals surface area (Å²) in [5.74, 6) is 0. The summed E-state index contributed by atoms with van der Waals surface area (Å²) in [6.45, 7) is 7.95. The van der Waals surface area contributed by atoms with Crippen LogP contribution in [0.2, 0.25) is 0 Å². The summed E-state index contributed by atoms with van der Waals surface area (Å²) in [5.41, 5.74) is 2.11. The second-order valence-electron chi connectivity index (χ2n) is 5.29. The van der Waals surface area contributed by atoms with Gasteiger partial charge in [-0.1, -0.05) is 24.3 Å². The molecule has 0 spiro atoms. The van der Waals surface area contributed by atoms with Gasteiger partial charge in [-0.05, 0) is 38.8 Å². The van der Waals surface area contributed by atoms with Gasteiger partial charge in [-0.2, -0.15) is 0 Å². The van der Waals surface area contributed by atoms with Crippen molar-refractivity contribution in [2.45, 2.75) is 46.3 Å². The van der Waals surface area contributed by atoms with Crippen LogP contribution in [0.1, 0.15) is 38.8 Å². The lowest BCUT2D eigenvalue weighted by atomic mass is 10.1. The van der Waals surface area contributed by atoms with Gasteiger partial charge in [0, 0.05) is 12.3 Å². The Morgan fingerprint density at radius 1 is 1.33 bits per heavy atom. The lowest BCUT2D eigenvalue weighted by molar-refractivity contribution is -0.182. The van der Waals surface area contributed by atoms with Crippen molar-refractivity contribution in [1.82, 2.24) is 5.32 Å². The van der Waals surface area contributed by atoms with Crippen LogP contribution in [-0.2, 0) is 11.3 Å². The molecule has 0 saturated carbocycles. The van der Waals surface area contributed by atoms with Crippen LogP contribution >= 0.6 is 0 Å². The molecule has 100 valence electrons. The molecule has 1 atom stereocenters. The molecule has 1 rings (SSSR count). The van der Waals surface area contributed by atoms with Crippen LogP contribution in [0.15, 0.2) is 24.3 Å². The second kappa shape index (κ2) is 6.09. The molecule has 0 bridgehead atoms. The van der Waals surface area contributed by atoms with E-state index in [1.54, 1.807) is 6.92 Å². The fourth-order valence-corrected chi connectivity index (χ4v) is 1.45. The Bertz CT molecular complexity index is 393. The number of hydrogen-bond donors (Lipinski definition) is 3. The van der Waals surface area contributed by atoms with Crippen molar-refractivity contribution < 1.29 is 9.84 Å². The average Bonchev–Trinajstić information content (AvgIpc) is 2.24. The first-order chi connectivity index (χ1) is 8.28. The van der Waals surface area contributed by atoms with E-state index in [2.05, 4.69) is 5.32 Å². The van der Waals surface area contributed by atoms with E-state index in [9.17, 15) is 5.11 Å². The summed E-state index contributed by atoms with van der Waals surface area (Å²) in [4.78, 5) is 0. The van der Waals surface area contributed by atoms with Gasteiger partial charge in [0.05, 0.1) is 5.60 Å². The molecule has 0 aromatic heterocycles. The van der Waals surface area contributed by atoms with Crippen LogP contribution in [0.4, 0.5) is 0 Å². The Morgan fingerprint density at radius 2 is 1.89 bits per heavy atom. The zero-order valence-electron chi connectivity index (χ0n) is 11.4. The molecule has 3 N–H and O–H groups in total. The lowest BCUT2D eigenvalue weighted by Crippen LogP contribution is -2.37. The molecule has 4 nitrogen and oxygen atoms in total. The van der Waals surface area contributed by atoms with Crippen molar-refractivity contribution in [2.24, 2.45) is 0 Å². The van der Waals surface area contributed by atoms with E-state index in [-0.39, 0.29) is 5.60 Å². The van der Waals surface area contributed by atoms with Gasteiger partial charge in [-0.15, -0.1) is 0 Å². The Kier molecular flexibility index (Phi) is 5.02. The largest absolute Gasteiger partial charge is 0.356 e. The molecule has 0 aliphatic rings. The molecule has 0 amide bonds. The molecule has 18 heavy (non-hydrogen) atoms. The minimum Gasteiger partial charge on any atom is -0.356 e. The highest BCUT2D eigenvalue weighted by Crippen LogP contribution is 2.09. The predicted molar refractivity (Wildman–Crippen MR) is 72.6 cm³/mol. The van der Waals surface area contributed by atoms with Gasteiger partial charge in [0.25, 0.3) is 0 Å². The van der Waals surface area contributed by atoms with Gasteiger partial charge in [-0.25, -0.2) is 0 Å². The molecule has 0 radical (unpaired) electrons. The third-order valence-corrected chi connectivity index (χ3v) is 2.33. The number of aliphatic hydroxyl groups excluding tert-OH is 1. The third kappa shape index (κ3) is 5.40. The molecule has 0 saturated heterocycles. The van der Waals surface area contributed by atoms with Crippen molar-refractivity contribution in [3.63, 3.8) is 0 Å². The van der Waals surface area contributed by atoms with Gasteiger partial charge in [0.15, 0.2) is 0 Å². The first kappa shape index (κ1) is 14.8. The highest BCUT2D eigenvalue weighted by molar-refractivity contribution is 5.96. The number of benzene rings is 1. The van der Waals surface area contributed by atoms with E-state index in [1.165, 1.54) is 0 Å². The van der Waals surface area contributed by atoms with E-state index in [0.29, 0.717) is 12.3 Å². The van der Waals surface area contributed by atoms with Crippen LogP contribution in [0.25, 0.3) is 0 Å². The molecule has 0 fully saturated rings. The second-order valence-corrected chi connectivity index (χ2v) is 5.29. The van der Waals surface area contributed by atoms with Gasteiger partial charge in [0.1, 0.15) is 0 Å². The molecule has 4 heteroatoms. The number of hydrogen-bond acceptors (Lipinski definition) is 4. The minimum atomic E-state index is -0.978. The van der Waals surface area contributed by atoms with Crippen molar-refractivity contribution >= 4 is 5.71 Å². The highest BCUT2D eigenvalue weighted by atomic mass is 16.6. The number of nitrogens with one attached hydrogen (secondary N) is 2. The van der Waals surface area contributed by atoms with E-state index < -0.39 is 6.41 Å². The molecule has 1 unspecified atom stereocenters. The summed E-state index contributed by atoms with van der Waals surface area (Å²) in [7, 11) is 0. The van der Waals surface area contributed by atoms with Gasteiger partial charge < -0.3 is 15.3 Å². The van der Waals surface area contributed by atoms with Gasteiger partial charge in [0.2, 0.25) is 6.41 Å². The summed E-state index contributed by atoms with van der Waals surface area (Å²) in [6, 6.07) is 7.67. The number of rotatable bonds is 5. The molecule has 1 aromatic rings. The number of ether oxygens (including phenoxy) is 1. The van der Waals surface area contributed by atoms with Crippen LogP contribution < -0.4 is 5.32 Å². The van der Waals surface area contributed by atoms with E-state index in [1.807, 2.05) is 45.0 Å². The monoisotopic (exact) mass is 250 g/mol. The van der Waals surface area contributed by atoms with Crippen molar-refractivity contribution in [1.29, 1.82) is 5.41 Å². The maximum Gasteiger partial charge on any atom is 0.214 e. The van der Waals surface area contributed by atoms with Crippen molar-refractivity contribution in [2.75, 3.05) is 0 Å². The third-order valence-electron chi connectivity index (χ3n) is 2.33. The fourth-order valence-electron chi connectivity index (χ4n) is 1.45. The van der Waals surface area contributed by atoms with Gasteiger partial charge in [-0.3, -0.25) is 5.32 Å². The van der Waals surface area contributed by atoms with Crippen LogP contribution in [0.3, 0.4) is 0 Å². The number of aliphatic hydroxyl groups is 1. The average molecular weight is 250 g/mol. The first-order valence-electron chi connectivity index (χ1n) is 6.02. The molecule has 0 aliphatic carbocycles. The summed E-state index contributed by atoms with van der Waals surface area (Å²) < 4.78 is 5.33. The van der Waals surface area contributed by atoms with Crippen LogP contribution in [0, 0.1) is 5.41 Å². The molecular formula is C14H22N2O2. The molecular weight excluding hydrogens is 228 g/mol. The van der Waals surface area contributed by atoms with Crippen molar-refractivity contribution in [3.8, 4) is 0 Å². The van der Waals surface area contributed by atoms with Crippen LogP contribution in [-0.4, -0.2) is 22.8 Å². The minimum absolute atomic E-state index is 0.381. The molecule has 0 aliphatic heterocycles. The van der Waals surface area contributed by atoms with E-state index >= 15 is 0 Å². The normalized spacial score (nSPS) is 13.4. The Balaban J connectivity index is 2.46. The maximum absolute atomic E-state index is 9.62. The zero-order valence-corrected chi connectivity index (χ0v) is 11.4. The maximum atomic E-state index is 9.62. The Labute approximate surface area is 108 Å². The molecule has 1 aromatic carbocycles. The standard InChI is InChI=1S/C14H22N2O2/c1-10(15)12-7-5-11(6-8-12)9-16-13(17)18-14(2,3)4/h5-8,13,15-17H,9H2,1-4H3. The van der Waals surface area contributed by atoms with E-state index in [4.69, 9.17) is 10.1 Å². The summed E-state index contributed by atoms with van der Waals surface area (Å²) in [5, 5.41) is 20.0. The quantitative estimate of drug-likeness (QED) is 0.554. The summed E-state index contributed by atoms with van der Waals surface area (Å²) >= 11 is 0. The van der Waals surface area contributed by atoms with Crippen LogP contribution in [0.5, 0.6) is 0 Å². The van der Waals surface area contributed by atoms with Gasteiger partial charge >= 0.3 is 0 Å².